The van der Waals surface area contributed by atoms with Crippen LogP contribution in [0.25, 0.3) is 5.69 Å². The first-order chi connectivity index (χ1) is 31.6. The van der Waals surface area contributed by atoms with Crippen molar-refractivity contribution in [2.24, 2.45) is 11.8 Å². The van der Waals surface area contributed by atoms with Crippen molar-refractivity contribution in [2.45, 2.75) is 64.2 Å². The predicted octanol–water partition coefficient (Wildman–Crippen LogP) is -4.25. The zero-order valence-corrected chi connectivity index (χ0v) is 42.1. The van der Waals surface area contributed by atoms with Gasteiger partial charge in [0.25, 0.3) is 0 Å². The first-order valence-corrected chi connectivity index (χ1v) is 21.1. The van der Waals surface area contributed by atoms with Crippen molar-refractivity contribution in [3.8, 4) is 11.4 Å². The Bertz CT molecular complexity index is 2550. The number of aliphatic carboxylic acids is 2. The number of carboxylic acid groups (broad SMARTS) is 2. The number of benzene rings is 3. The number of ether oxygens (including phenoxy) is 5. The van der Waals surface area contributed by atoms with Crippen LogP contribution in [-0.4, -0.2) is 105 Å². The van der Waals surface area contributed by atoms with Gasteiger partial charge in [-0.25, -0.2) is 37.3 Å². The number of rotatable bonds is 18. The third kappa shape index (κ3) is 12.6. The Labute approximate surface area is 432 Å². The zero-order valence-electron chi connectivity index (χ0n) is 38.1. The Morgan fingerprint density at radius 1 is 0.838 bits per heavy atom. The summed E-state index contributed by atoms with van der Waals surface area (Å²) in [5.41, 5.74) is 1.25. The Morgan fingerprint density at radius 3 is 2.03 bits per heavy atom. The van der Waals surface area contributed by atoms with Crippen molar-refractivity contribution in [3.63, 3.8) is 0 Å². The van der Waals surface area contributed by atoms with Crippen molar-refractivity contribution >= 4 is 35.4 Å². The normalized spacial score (nSPS) is 18.1. The molecule has 7 rings (SSSR count). The molecule has 24 heteroatoms. The fourth-order valence-electron chi connectivity index (χ4n) is 8.16. The largest absolute Gasteiger partial charge is 1.00 e. The van der Waals surface area contributed by atoms with E-state index in [0.29, 0.717) is 37.5 Å². The van der Waals surface area contributed by atoms with Crippen LogP contribution in [0.4, 0.5) is 25.0 Å². The summed E-state index contributed by atoms with van der Waals surface area (Å²) < 4.78 is 59.9. The maximum Gasteiger partial charge on any atom is 1.00 e. The van der Waals surface area contributed by atoms with Gasteiger partial charge in [0, 0.05) is 62.0 Å². The minimum Gasteiger partial charge on any atom is -0.549 e. The molecule has 0 aliphatic carbocycles. The van der Waals surface area contributed by atoms with Gasteiger partial charge in [0.1, 0.15) is 54.0 Å². The molecule has 0 N–H and O–H groups in total. The van der Waals surface area contributed by atoms with Crippen molar-refractivity contribution < 1.29 is 121 Å². The molecule has 2 fully saturated rings. The molecule has 5 aromatic rings. The van der Waals surface area contributed by atoms with E-state index in [0.717, 1.165) is 55.2 Å². The zero-order chi connectivity index (χ0) is 47.1. The molecule has 2 aromatic heterocycles. The number of carbonyl (C=O) groups is 4. The number of carbonyl (C=O) groups excluding carboxylic acids is 4. The van der Waals surface area contributed by atoms with E-state index in [2.05, 4.69) is 29.7 Å². The molecule has 0 radical (unpaired) electrons. The smallest absolute Gasteiger partial charge is 0.549 e. The van der Waals surface area contributed by atoms with Gasteiger partial charge < -0.3 is 53.3 Å². The fourth-order valence-corrected chi connectivity index (χ4v) is 8.16. The second-order valence-electron chi connectivity index (χ2n) is 15.9. The molecule has 2 aliphatic rings. The number of hydrogen-bond donors (Lipinski definition) is 0. The second kappa shape index (κ2) is 23.8. The Morgan fingerprint density at radius 2 is 1.46 bits per heavy atom. The molecule has 0 saturated carbocycles. The van der Waals surface area contributed by atoms with Crippen molar-refractivity contribution in [3.05, 3.63) is 113 Å². The Kier molecular flexibility index (Phi) is 18.7. The van der Waals surface area contributed by atoms with Crippen LogP contribution in [0.15, 0.2) is 90.5 Å². The molecular weight excluding hydrogens is 917 g/mol. The number of aromatic nitrogens is 6. The van der Waals surface area contributed by atoms with Gasteiger partial charge in [0.05, 0.1) is 43.4 Å². The van der Waals surface area contributed by atoms with Crippen LogP contribution >= 0.6 is 0 Å². The summed E-state index contributed by atoms with van der Waals surface area (Å²) in [5, 5.41) is 30.2. The van der Waals surface area contributed by atoms with Crippen LogP contribution in [-0.2, 0) is 45.5 Å². The summed E-state index contributed by atoms with van der Waals surface area (Å²) >= 11 is 0. The molecule has 0 amide bonds. The average molecular weight is 963 g/mol. The number of halogens is 2. The SMILES string of the molecule is CC[C@@H]([C@H](C)OC(=O)OC(C)OC(=O)C(C(=O)[O-])C(=O)[O-])n1ncn(-c2ccc(N3CCN(c4ccc(OC[C@@H]5CO[C@@](Cn6cncn6)(c6ccc(F)cc6F)C5)cc4)CC3)cc2)c1=O.[Na+].[Na+]. The van der Waals surface area contributed by atoms with Gasteiger partial charge in [-0.3, -0.25) is 4.79 Å². The van der Waals surface area contributed by atoms with Crippen LogP contribution in [0.1, 0.15) is 45.2 Å². The molecule has 4 heterocycles. The van der Waals surface area contributed by atoms with E-state index in [1.54, 1.807) is 23.7 Å². The second-order valence-corrected chi connectivity index (χ2v) is 15.9. The molecule has 68 heavy (non-hydrogen) atoms. The summed E-state index contributed by atoms with van der Waals surface area (Å²) in [6.07, 6.45) is 0.948. The third-order valence-electron chi connectivity index (χ3n) is 11.5. The Hall–Kier alpha value is -5.36. The number of esters is 1. The summed E-state index contributed by atoms with van der Waals surface area (Å²) in [6.45, 7) is 8.12. The van der Waals surface area contributed by atoms with Gasteiger partial charge in [0.2, 0.25) is 6.29 Å². The van der Waals surface area contributed by atoms with Crippen LogP contribution in [0, 0.1) is 23.5 Å². The molecule has 5 atom stereocenters. The number of carboxylic acids is 2. The van der Waals surface area contributed by atoms with E-state index < -0.39 is 71.3 Å². The molecule has 2 saturated heterocycles. The molecular formula is C44H46F2N8Na2O12. The van der Waals surface area contributed by atoms with E-state index in [4.69, 9.17) is 18.9 Å². The van der Waals surface area contributed by atoms with Gasteiger partial charge in [-0.05, 0) is 74.4 Å². The summed E-state index contributed by atoms with van der Waals surface area (Å²) in [5.74, 6) is -9.75. The number of anilines is 2. The number of hydrogen-bond acceptors (Lipinski definition) is 17. The quantitative estimate of drug-likeness (QED) is 0.0350. The maximum atomic E-state index is 15.0. The molecule has 1 unspecified atom stereocenters. The summed E-state index contributed by atoms with van der Waals surface area (Å²) in [7, 11) is 0. The molecule has 350 valence electrons. The minimum absolute atomic E-state index is 0. The van der Waals surface area contributed by atoms with E-state index in [1.165, 1.54) is 42.6 Å². The number of nitrogens with zero attached hydrogens (tertiary/aromatic N) is 8. The molecule has 0 spiro atoms. The van der Waals surface area contributed by atoms with Gasteiger partial charge in [-0.1, -0.05) is 13.0 Å². The molecule has 3 aromatic carbocycles. The maximum absolute atomic E-state index is 15.0. The first-order valence-electron chi connectivity index (χ1n) is 21.1. The van der Waals surface area contributed by atoms with Crippen molar-refractivity contribution in [1.82, 2.24) is 29.1 Å². The minimum atomic E-state index is -2.73. The van der Waals surface area contributed by atoms with Crippen LogP contribution in [0.5, 0.6) is 5.75 Å². The van der Waals surface area contributed by atoms with Crippen molar-refractivity contribution in [1.29, 1.82) is 0 Å². The molecule has 20 nitrogen and oxygen atoms in total. The van der Waals surface area contributed by atoms with Crippen LogP contribution in [0.3, 0.4) is 0 Å². The first kappa shape index (κ1) is 53.6. The van der Waals surface area contributed by atoms with E-state index in [1.807, 2.05) is 36.4 Å². The topological polar surface area (TPSA) is 238 Å². The monoisotopic (exact) mass is 962 g/mol. The van der Waals surface area contributed by atoms with Gasteiger partial charge >= 0.3 is 76.9 Å². The van der Waals surface area contributed by atoms with E-state index >= 15 is 4.39 Å². The molecule has 2 aliphatic heterocycles. The van der Waals surface area contributed by atoms with Gasteiger partial charge in [-0.2, -0.15) is 10.2 Å². The van der Waals surface area contributed by atoms with Gasteiger partial charge in [0.15, 0.2) is 0 Å². The predicted molar refractivity (Wildman–Crippen MR) is 222 cm³/mol. The van der Waals surface area contributed by atoms with E-state index in [-0.39, 0.29) is 77.1 Å². The van der Waals surface area contributed by atoms with E-state index in [9.17, 15) is 38.6 Å². The van der Waals surface area contributed by atoms with Crippen LogP contribution in [0.2, 0.25) is 0 Å². The van der Waals surface area contributed by atoms with Crippen molar-refractivity contribution in [2.75, 3.05) is 49.2 Å². The third-order valence-corrected chi connectivity index (χ3v) is 11.5. The van der Waals surface area contributed by atoms with Crippen LogP contribution < -0.4 is 89.6 Å². The standard InChI is InChI=1S/C44H48F2N8O12.2Na/c1-4-37(27(2)64-43(61)66-28(3)65-41(59)38(39(55)56)40(57)58)54-42(60)53(26-49-54)33-8-6-31(7-9-33)50-15-17-51(18-16-50)32-10-12-34(13-11-32)62-21-29-20-44(63-22-29,23-52-25-47-24-48-52)35-14-5-30(45)19-36(35)46;;/h5-14,19,24-29,37-38H,4,15-18,20-23H2,1-3H3,(H,55,56)(H,57,58);;/q;2*+1/p-2/t27-,28?,29+,37-,44-;;/m0../s1. The average Bonchev–Trinajstić information content (AvgIpc) is 4.04. The van der Waals surface area contributed by atoms with Gasteiger partial charge in [-0.15, -0.1) is 0 Å². The Balaban J connectivity index is 0.00000432. The fraction of sp³-hybridized carbons (Fsp3) is 0.409. The summed E-state index contributed by atoms with van der Waals surface area (Å²) in [6, 6.07) is 18.0. The number of piperazine rings is 1. The summed E-state index contributed by atoms with van der Waals surface area (Å²) in [4.78, 5) is 68.1. The molecule has 0 bridgehead atoms.